The molecule has 0 spiro atoms. The van der Waals surface area contributed by atoms with Gasteiger partial charge in [0.2, 0.25) is 0 Å². The minimum Gasteiger partial charge on any atom is -0.395 e. The van der Waals surface area contributed by atoms with Crippen LogP contribution in [0, 0.1) is 0 Å². The highest BCUT2D eigenvalue weighted by Crippen LogP contribution is 2.40. The largest absolute Gasteiger partial charge is 0.395 e. The van der Waals surface area contributed by atoms with Gasteiger partial charge in [0.1, 0.15) is 35.1 Å². The number of aromatic nitrogens is 2. The van der Waals surface area contributed by atoms with E-state index in [9.17, 15) is 0 Å². The van der Waals surface area contributed by atoms with E-state index >= 15 is 0 Å². The van der Waals surface area contributed by atoms with Crippen molar-refractivity contribution in [2.45, 2.75) is 44.2 Å². The number of nitrogens with one attached hydrogen (secondary N) is 1. The maximum atomic E-state index is 6.55. The molecule has 202 valence electrons. The molecule has 0 unspecified atom stereocenters. The smallest absolute Gasteiger partial charge is 0.142 e. The van der Waals surface area contributed by atoms with Crippen LogP contribution in [0.3, 0.4) is 0 Å². The van der Waals surface area contributed by atoms with Gasteiger partial charge in [0.05, 0.1) is 37.8 Å². The van der Waals surface area contributed by atoms with Crippen molar-refractivity contribution >= 4 is 22.9 Å². The molecule has 39 heavy (non-hydrogen) atoms. The van der Waals surface area contributed by atoms with Crippen molar-refractivity contribution in [3.63, 3.8) is 0 Å². The number of nitrogens with two attached hydrogens (primary N) is 2. The van der Waals surface area contributed by atoms with E-state index in [2.05, 4.69) is 10.2 Å². The molecule has 0 aliphatic carbocycles. The number of aromatic amines is 1. The van der Waals surface area contributed by atoms with E-state index in [1.807, 2.05) is 91.0 Å². The van der Waals surface area contributed by atoms with Crippen LogP contribution in [0.15, 0.2) is 91.0 Å². The van der Waals surface area contributed by atoms with Gasteiger partial charge in [-0.05, 0) is 16.7 Å². The van der Waals surface area contributed by atoms with Crippen molar-refractivity contribution in [1.29, 1.82) is 0 Å². The minimum atomic E-state index is -0.601. The van der Waals surface area contributed by atoms with Gasteiger partial charge in [-0.15, -0.1) is 0 Å². The Bertz CT molecular complexity index is 1340. The van der Waals surface area contributed by atoms with Gasteiger partial charge in [-0.1, -0.05) is 103 Å². The normalized spacial score (nSPS) is 20.7. The van der Waals surface area contributed by atoms with Gasteiger partial charge in [-0.25, -0.2) is 0 Å². The number of hydrogen-bond acceptors (Lipinski definition) is 7. The van der Waals surface area contributed by atoms with Crippen LogP contribution in [0.5, 0.6) is 0 Å². The van der Waals surface area contributed by atoms with E-state index in [0.29, 0.717) is 43.5 Å². The summed E-state index contributed by atoms with van der Waals surface area (Å²) in [7, 11) is 0. The Balaban J connectivity index is 1.41. The predicted molar refractivity (Wildman–Crippen MR) is 153 cm³/mol. The molecular formula is C30H32N4O4S. The van der Waals surface area contributed by atoms with Gasteiger partial charge in [0.15, 0.2) is 0 Å². The fraction of sp³-hybridized carbons (Fsp3) is 0.267. The molecule has 0 amide bonds. The van der Waals surface area contributed by atoms with Crippen LogP contribution in [0.25, 0.3) is 0 Å². The summed E-state index contributed by atoms with van der Waals surface area (Å²) in [6.45, 7) is 1.50. The first kappa shape index (κ1) is 27.0. The lowest BCUT2D eigenvalue weighted by atomic mass is 10.0. The molecule has 1 saturated heterocycles. The van der Waals surface area contributed by atoms with Crippen LogP contribution in [0.1, 0.15) is 34.2 Å². The Labute approximate surface area is 233 Å². The van der Waals surface area contributed by atoms with Crippen LogP contribution < -0.4 is 11.5 Å². The molecule has 9 heteroatoms. The molecule has 1 aliphatic rings. The molecule has 1 fully saturated rings. The topological polar surface area (TPSA) is 118 Å². The second-order valence-electron chi connectivity index (χ2n) is 9.38. The first-order valence-corrected chi connectivity index (χ1v) is 13.2. The number of hydrogen-bond donors (Lipinski definition) is 3. The molecule has 0 bridgehead atoms. The number of H-pyrrole nitrogens is 1. The number of ether oxygens (including phenoxy) is 4. The fourth-order valence-corrected chi connectivity index (χ4v) is 4.80. The maximum Gasteiger partial charge on any atom is 0.142 e. The van der Waals surface area contributed by atoms with E-state index in [1.165, 1.54) is 0 Å². The molecule has 0 saturated carbocycles. The number of nitrogens with zero attached hydrogens (tertiary/aromatic N) is 1. The molecule has 1 aliphatic heterocycles. The monoisotopic (exact) mass is 544 g/mol. The van der Waals surface area contributed by atoms with E-state index in [4.69, 9.17) is 42.6 Å². The van der Waals surface area contributed by atoms with Crippen molar-refractivity contribution < 1.29 is 18.9 Å². The van der Waals surface area contributed by atoms with E-state index in [1.54, 1.807) is 0 Å². The molecule has 4 atom stereocenters. The molecule has 8 nitrogen and oxygen atoms in total. The standard InChI is InChI=1S/C30H32N4O4S/c31-24-25(33-34-26(24)30(32)39)28-29(37-18-22-14-8-3-9-15-22)27(36-17-21-12-6-2-7-13-21)23(38-28)19-35-16-20-10-4-1-5-11-20/h1-15,23,27-29H,16-19,31H2,(H2,32,39)(H,33,34)/t23-,27-,28+,29-/m1/s1. The summed E-state index contributed by atoms with van der Waals surface area (Å²) in [6, 6.07) is 30.0. The third-order valence-corrected chi connectivity index (χ3v) is 6.82. The molecule has 0 radical (unpaired) electrons. The van der Waals surface area contributed by atoms with Gasteiger partial charge in [0.25, 0.3) is 0 Å². The van der Waals surface area contributed by atoms with Gasteiger partial charge < -0.3 is 30.4 Å². The highest BCUT2D eigenvalue weighted by atomic mass is 32.1. The summed E-state index contributed by atoms with van der Waals surface area (Å²) in [6.07, 6.45) is -2.00. The Morgan fingerprint density at radius 3 is 1.82 bits per heavy atom. The Morgan fingerprint density at radius 1 is 0.795 bits per heavy atom. The number of anilines is 1. The SMILES string of the molecule is NC(=S)c1n[nH]c([C@@H]2O[C@H](COCc3ccccc3)[C@@H](OCc3ccccc3)[C@H]2OCc2ccccc2)c1N. The van der Waals surface area contributed by atoms with Gasteiger partial charge in [-0.2, -0.15) is 5.10 Å². The number of benzene rings is 3. The fourth-order valence-electron chi connectivity index (χ4n) is 4.65. The van der Waals surface area contributed by atoms with Crippen LogP contribution in [0.2, 0.25) is 0 Å². The van der Waals surface area contributed by atoms with Crippen molar-refractivity contribution in [3.05, 3.63) is 119 Å². The van der Waals surface area contributed by atoms with Crippen molar-refractivity contribution in [2.75, 3.05) is 12.3 Å². The molecule has 4 aromatic rings. The predicted octanol–water partition coefficient (Wildman–Crippen LogP) is 4.45. The van der Waals surface area contributed by atoms with Gasteiger partial charge in [0, 0.05) is 0 Å². The third kappa shape index (κ3) is 6.70. The third-order valence-electron chi connectivity index (χ3n) is 6.63. The summed E-state index contributed by atoms with van der Waals surface area (Å²) in [5.74, 6) is 0. The maximum absolute atomic E-state index is 6.55. The van der Waals surface area contributed by atoms with Gasteiger partial charge >= 0.3 is 0 Å². The minimum absolute atomic E-state index is 0.106. The number of rotatable bonds is 12. The van der Waals surface area contributed by atoms with Crippen LogP contribution in [-0.2, 0) is 38.8 Å². The average molecular weight is 545 g/mol. The second-order valence-corrected chi connectivity index (χ2v) is 9.82. The molecule has 2 heterocycles. The number of nitrogen functional groups attached to an aromatic ring is 1. The quantitative estimate of drug-likeness (QED) is 0.224. The van der Waals surface area contributed by atoms with Crippen molar-refractivity contribution in [1.82, 2.24) is 10.2 Å². The average Bonchev–Trinajstić information content (AvgIpc) is 3.52. The van der Waals surface area contributed by atoms with Crippen LogP contribution >= 0.6 is 12.2 Å². The molecule has 5 N–H and O–H groups in total. The zero-order chi connectivity index (χ0) is 27.0. The highest BCUT2D eigenvalue weighted by molar-refractivity contribution is 7.80. The Morgan fingerprint density at radius 2 is 1.31 bits per heavy atom. The van der Waals surface area contributed by atoms with Crippen LogP contribution in [0.4, 0.5) is 5.69 Å². The van der Waals surface area contributed by atoms with Crippen molar-refractivity contribution in [3.8, 4) is 0 Å². The summed E-state index contributed by atoms with van der Waals surface area (Å²) in [5, 5.41) is 7.21. The van der Waals surface area contributed by atoms with Crippen molar-refractivity contribution in [2.24, 2.45) is 5.73 Å². The van der Waals surface area contributed by atoms with E-state index in [0.717, 1.165) is 16.7 Å². The van der Waals surface area contributed by atoms with Crippen LogP contribution in [-0.4, -0.2) is 40.1 Å². The molecule has 5 rings (SSSR count). The summed E-state index contributed by atoms with van der Waals surface area (Å²) >= 11 is 5.13. The zero-order valence-corrected chi connectivity index (χ0v) is 22.3. The number of thiocarbonyl (C=S) groups is 1. The summed E-state index contributed by atoms with van der Waals surface area (Å²) < 4.78 is 25.6. The highest BCUT2D eigenvalue weighted by Gasteiger charge is 2.48. The lowest BCUT2D eigenvalue weighted by Gasteiger charge is -2.25. The van der Waals surface area contributed by atoms with E-state index in [-0.39, 0.29) is 4.99 Å². The lowest BCUT2D eigenvalue weighted by Crippen LogP contribution is -2.38. The summed E-state index contributed by atoms with van der Waals surface area (Å²) in [4.78, 5) is 0.106. The summed E-state index contributed by atoms with van der Waals surface area (Å²) in [5.41, 5.74) is 16.6. The second kappa shape index (κ2) is 13.0. The Hall–Kier alpha value is -3.60. The molecule has 1 aromatic heterocycles. The molecule has 3 aromatic carbocycles. The molecular weight excluding hydrogens is 512 g/mol. The lowest BCUT2D eigenvalue weighted by molar-refractivity contribution is -0.0898. The first-order valence-electron chi connectivity index (χ1n) is 12.8. The first-order chi connectivity index (χ1) is 19.1. The zero-order valence-electron chi connectivity index (χ0n) is 21.4. The Kier molecular flexibility index (Phi) is 8.97. The van der Waals surface area contributed by atoms with E-state index < -0.39 is 24.4 Å². The van der Waals surface area contributed by atoms with Gasteiger partial charge in [-0.3, -0.25) is 5.10 Å².